The monoisotopic (exact) mass is 261 g/mol. The lowest BCUT2D eigenvalue weighted by Crippen LogP contribution is -2.16. The van der Waals surface area contributed by atoms with Gasteiger partial charge in [-0.25, -0.2) is 0 Å². The molecular formula is C14H17NP2. The van der Waals surface area contributed by atoms with Gasteiger partial charge in [0.1, 0.15) is 0 Å². The Kier molecular flexibility index (Phi) is 5.13. The molecule has 0 heterocycles. The summed E-state index contributed by atoms with van der Waals surface area (Å²) in [7, 11) is 1.62. The molecule has 1 nitrogen and oxygen atoms in total. The van der Waals surface area contributed by atoms with Crippen molar-refractivity contribution in [3.63, 3.8) is 0 Å². The van der Waals surface area contributed by atoms with E-state index >= 15 is 0 Å². The van der Waals surface area contributed by atoms with Gasteiger partial charge in [0.2, 0.25) is 0 Å². The Morgan fingerprint density at radius 2 is 1.18 bits per heavy atom. The van der Waals surface area contributed by atoms with Crippen molar-refractivity contribution < 1.29 is 0 Å². The molecule has 0 saturated carbocycles. The SMILES string of the molecule is NCC(Pc1ccccc1)Pc1ccccc1. The average molecular weight is 261 g/mol. The zero-order valence-electron chi connectivity index (χ0n) is 9.64. The molecule has 0 saturated heterocycles. The molecule has 0 aliphatic rings. The number of hydrogen-bond acceptors (Lipinski definition) is 1. The molecule has 2 unspecified atom stereocenters. The molecule has 0 bridgehead atoms. The van der Waals surface area contributed by atoms with Crippen LogP contribution in [0.4, 0.5) is 0 Å². The van der Waals surface area contributed by atoms with Crippen LogP contribution in [0.15, 0.2) is 60.7 Å². The van der Waals surface area contributed by atoms with Crippen molar-refractivity contribution in [2.24, 2.45) is 5.73 Å². The first-order valence-electron chi connectivity index (χ1n) is 5.72. The Morgan fingerprint density at radius 3 is 1.53 bits per heavy atom. The summed E-state index contributed by atoms with van der Waals surface area (Å²) < 4.78 is 0. The standard InChI is InChI=1S/C14H17NP2/c15-11-14(16-12-7-3-1-4-8-12)17-13-9-5-2-6-10-13/h1-10,14,16-17H,11,15H2. The van der Waals surface area contributed by atoms with Crippen LogP contribution in [-0.4, -0.2) is 11.9 Å². The maximum atomic E-state index is 5.88. The summed E-state index contributed by atoms with van der Waals surface area (Å²) in [5.74, 6) is 0. The molecule has 2 N–H and O–H groups in total. The van der Waals surface area contributed by atoms with Gasteiger partial charge >= 0.3 is 0 Å². The lowest BCUT2D eigenvalue weighted by Gasteiger charge is -2.15. The van der Waals surface area contributed by atoms with E-state index in [1.165, 1.54) is 10.6 Å². The summed E-state index contributed by atoms with van der Waals surface area (Å²) in [6, 6.07) is 21.3. The van der Waals surface area contributed by atoms with Gasteiger partial charge in [-0.1, -0.05) is 77.8 Å². The Hall–Kier alpha value is -0.740. The fraction of sp³-hybridized carbons (Fsp3) is 0.143. The topological polar surface area (TPSA) is 26.0 Å². The van der Waals surface area contributed by atoms with E-state index in [9.17, 15) is 0 Å². The van der Waals surface area contributed by atoms with E-state index in [0.29, 0.717) is 5.40 Å². The molecule has 0 amide bonds. The third-order valence-electron chi connectivity index (χ3n) is 2.47. The fourth-order valence-electron chi connectivity index (χ4n) is 1.63. The molecule has 0 aliphatic heterocycles. The number of nitrogens with two attached hydrogens (primary N) is 1. The van der Waals surface area contributed by atoms with Gasteiger partial charge < -0.3 is 5.73 Å². The Morgan fingerprint density at radius 1 is 0.765 bits per heavy atom. The Labute approximate surface area is 106 Å². The van der Waals surface area contributed by atoms with Crippen molar-refractivity contribution in [1.82, 2.24) is 0 Å². The number of rotatable bonds is 5. The lowest BCUT2D eigenvalue weighted by atomic mass is 10.4. The summed E-state index contributed by atoms with van der Waals surface area (Å²) in [5, 5.41) is 3.40. The summed E-state index contributed by atoms with van der Waals surface area (Å²) in [4.78, 5) is 0. The smallest absolute Gasteiger partial charge is 0.0143 e. The van der Waals surface area contributed by atoms with Crippen LogP contribution in [0.3, 0.4) is 0 Å². The first kappa shape index (κ1) is 12.7. The lowest BCUT2D eigenvalue weighted by molar-refractivity contribution is 1.10. The van der Waals surface area contributed by atoms with Gasteiger partial charge in [-0.3, -0.25) is 0 Å². The minimum atomic E-state index is 0.583. The van der Waals surface area contributed by atoms with Crippen LogP contribution in [-0.2, 0) is 0 Å². The van der Waals surface area contributed by atoms with E-state index < -0.39 is 0 Å². The van der Waals surface area contributed by atoms with E-state index in [4.69, 9.17) is 5.73 Å². The molecule has 88 valence electrons. The van der Waals surface area contributed by atoms with Crippen LogP contribution in [0.2, 0.25) is 0 Å². The van der Waals surface area contributed by atoms with Crippen LogP contribution in [0, 0.1) is 0 Å². The zero-order chi connectivity index (χ0) is 11.9. The van der Waals surface area contributed by atoms with E-state index in [1.807, 2.05) is 0 Å². The quantitative estimate of drug-likeness (QED) is 0.821. The average Bonchev–Trinajstić information content (AvgIpc) is 2.40. The van der Waals surface area contributed by atoms with E-state index in [1.54, 1.807) is 0 Å². The van der Waals surface area contributed by atoms with Crippen LogP contribution in [0.5, 0.6) is 0 Å². The molecule has 0 aromatic heterocycles. The van der Waals surface area contributed by atoms with Crippen molar-refractivity contribution in [3.05, 3.63) is 60.7 Å². The molecule has 0 fully saturated rings. The van der Waals surface area contributed by atoms with Crippen LogP contribution in [0.25, 0.3) is 0 Å². The van der Waals surface area contributed by atoms with Gasteiger partial charge in [-0.05, 0) is 10.6 Å². The van der Waals surface area contributed by atoms with Crippen LogP contribution in [0.1, 0.15) is 0 Å². The molecule has 2 rings (SSSR count). The number of benzene rings is 2. The van der Waals surface area contributed by atoms with Crippen molar-refractivity contribution >= 4 is 27.8 Å². The highest BCUT2D eigenvalue weighted by Crippen LogP contribution is 2.32. The highest BCUT2D eigenvalue weighted by molar-refractivity contribution is 7.65. The van der Waals surface area contributed by atoms with Crippen LogP contribution < -0.4 is 16.3 Å². The summed E-state index contributed by atoms with van der Waals surface area (Å²) >= 11 is 0. The number of hydrogen-bond donors (Lipinski definition) is 1. The van der Waals surface area contributed by atoms with Crippen molar-refractivity contribution in [1.29, 1.82) is 0 Å². The van der Waals surface area contributed by atoms with E-state index in [2.05, 4.69) is 60.7 Å². The fourth-order valence-corrected chi connectivity index (χ4v) is 4.72. The normalized spacial score (nSPS) is 13.7. The van der Waals surface area contributed by atoms with Gasteiger partial charge in [0.05, 0.1) is 0 Å². The molecule has 0 radical (unpaired) electrons. The van der Waals surface area contributed by atoms with Crippen LogP contribution >= 0.6 is 17.2 Å². The Bertz CT molecular complexity index is 389. The predicted molar refractivity (Wildman–Crippen MR) is 81.6 cm³/mol. The maximum absolute atomic E-state index is 5.88. The third kappa shape index (κ3) is 4.21. The molecule has 0 spiro atoms. The minimum Gasteiger partial charge on any atom is -0.329 e. The maximum Gasteiger partial charge on any atom is 0.0143 e. The second-order valence-corrected chi connectivity index (χ2v) is 7.51. The van der Waals surface area contributed by atoms with E-state index in [0.717, 1.165) is 23.7 Å². The highest BCUT2D eigenvalue weighted by atomic mass is 31.1. The van der Waals surface area contributed by atoms with Crippen molar-refractivity contribution in [3.8, 4) is 0 Å². The summed E-state index contributed by atoms with van der Waals surface area (Å²) in [5.41, 5.74) is 5.88. The molecule has 2 aromatic rings. The first-order chi connectivity index (χ1) is 8.38. The molecule has 2 aromatic carbocycles. The molecule has 2 atom stereocenters. The largest absolute Gasteiger partial charge is 0.329 e. The molecular weight excluding hydrogens is 244 g/mol. The second-order valence-electron chi connectivity index (χ2n) is 3.81. The minimum absolute atomic E-state index is 0.583. The van der Waals surface area contributed by atoms with Gasteiger partial charge in [0.15, 0.2) is 0 Å². The Balaban J connectivity index is 1.98. The zero-order valence-corrected chi connectivity index (χ0v) is 11.6. The highest BCUT2D eigenvalue weighted by Gasteiger charge is 2.08. The summed E-state index contributed by atoms with van der Waals surface area (Å²) in [6.07, 6.45) is 0. The van der Waals surface area contributed by atoms with E-state index in [-0.39, 0.29) is 0 Å². The second kappa shape index (κ2) is 6.87. The van der Waals surface area contributed by atoms with Gasteiger partial charge in [-0.15, -0.1) is 0 Å². The van der Waals surface area contributed by atoms with Gasteiger partial charge in [-0.2, -0.15) is 0 Å². The molecule has 3 heteroatoms. The van der Waals surface area contributed by atoms with Crippen molar-refractivity contribution in [2.45, 2.75) is 5.40 Å². The van der Waals surface area contributed by atoms with Crippen molar-refractivity contribution in [2.75, 3.05) is 6.54 Å². The third-order valence-corrected chi connectivity index (χ3v) is 5.83. The first-order valence-corrected chi connectivity index (χ1v) is 7.87. The molecule has 17 heavy (non-hydrogen) atoms. The molecule has 0 aliphatic carbocycles. The van der Waals surface area contributed by atoms with Gasteiger partial charge in [0, 0.05) is 11.9 Å². The van der Waals surface area contributed by atoms with Gasteiger partial charge in [0.25, 0.3) is 0 Å². The predicted octanol–water partition coefficient (Wildman–Crippen LogP) is 2.28. The summed E-state index contributed by atoms with van der Waals surface area (Å²) in [6.45, 7) is 0.765.